The van der Waals surface area contributed by atoms with E-state index in [0.29, 0.717) is 6.61 Å². The number of halogens is 1. The molecular weight excluding hydrogens is 283 g/mol. The summed E-state index contributed by atoms with van der Waals surface area (Å²) >= 11 is 2.33. The quantitative estimate of drug-likeness (QED) is 0.625. The molecule has 0 unspecified atom stereocenters. The van der Waals surface area contributed by atoms with Crippen LogP contribution in [0.25, 0.3) is 0 Å². The second kappa shape index (κ2) is 3.08. The van der Waals surface area contributed by atoms with Crippen LogP contribution >= 0.6 is 22.6 Å². The summed E-state index contributed by atoms with van der Waals surface area (Å²) in [5, 5.41) is 9.09. The van der Waals surface area contributed by atoms with Crippen LogP contribution < -0.4 is 0 Å². The zero-order valence-corrected chi connectivity index (χ0v) is 9.54. The van der Waals surface area contributed by atoms with Crippen molar-refractivity contribution >= 4 is 28.6 Å². The predicted molar refractivity (Wildman–Crippen MR) is 56.1 cm³/mol. The maximum Gasteiger partial charge on any atom is 0.311 e. The number of aliphatic carboxylic acids is 1. The Bertz CT molecular complexity index is 214. The van der Waals surface area contributed by atoms with E-state index in [-0.39, 0.29) is 5.60 Å². The molecule has 1 aliphatic carbocycles. The summed E-state index contributed by atoms with van der Waals surface area (Å²) in [6.07, 6.45) is 3.43. The molecule has 3 fully saturated rings. The first-order chi connectivity index (χ1) is 6.13. The van der Waals surface area contributed by atoms with Crippen LogP contribution in [0.2, 0.25) is 0 Å². The Morgan fingerprint density at radius 3 is 2.31 bits per heavy atom. The Morgan fingerprint density at radius 1 is 1.38 bits per heavy atom. The Hall–Kier alpha value is 0.160. The molecule has 4 heteroatoms. The minimum Gasteiger partial charge on any atom is -0.481 e. The van der Waals surface area contributed by atoms with Crippen LogP contribution in [0.1, 0.15) is 25.7 Å². The van der Waals surface area contributed by atoms with E-state index in [9.17, 15) is 4.79 Å². The molecular formula is C9H13IO3. The summed E-state index contributed by atoms with van der Waals surface area (Å²) in [6, 6.07) is 0. The summed E-state index contributed by atoms with van der Waals surface area (Å²) in [5.74, 6) is -0.672. The van der Waals surface area contributed by atoms with Gasteiger partial charge in [-0.2, -0.15) is 0 Å². The van der Waals surface area contributed by atoms with Crippen molar-refractivity contribution in [2.24, 2.45) is 5.41 Å². The molecule has 2 aliphatic heterocycles. The van der Waals surface area contributed by atoms with Crippen LogP contribution in [0.15, 0.2) is 0 Å². The van der Waals surface area contributed by atoms with Crippen LogP contribution in [0.5, 0.6) is 0 Å². The molecule has 13 heavy (non-hydrogen) atoms. The third-order valence-electron chi connectivity index (χ3n) is 3.47. The van der Waals surface area contributed by atoms with E-state index in [0.717, 1.165) is 30.1 Å². The van der Waals surface area contributed by atoms with Crippen molar-refractivity contribution in [1.29, 1.82) is 0 Å². The summed E-state index contributed by atoms with van der Waals surface area (Å²) in [6.45, 7) is 0.422. The highest BCUT2D eigenvalue weighted by molar-refractivity contribution is 14.1. The first-order valence-electron chi connectivity index (χ1n) is 4.56. The van der Waals surface area contributed by atoms with Crippen LogP contribution in [0, 0.1) is 5.41 Å². The van der Waals surface area contributed by atoms with E-state index >= 15 is 0 Å². The maximum absolute atomic E-state index is 11.0. The largest absolute Gasteiger partial charge is 0.481 e. The Morgan fingerprint density at radius 2 is 2.00 bits per heavy atom. The van der Waals surface area contributed by atoms with Gasteiger partial charge in [0.2, 0.25) is 0 Å². The van der Waals surface area contributed by atoms with E-state index in [1.54, 1.807) is 0 Å². The van der Waals surface area contributed by atoms with Crippen LogP contribution in [0.4, 0.5) is 0 Å². The number of carboxylic acid groups (broad SMARTS) is 1. The number of ether oxygens (including phenoxy) is 1. The number of hydrogen-bond acceptors (Lipinski definition) is 2. The fourth-order valence-electron chi connectivity index (χ4n) is 2.21. The Kier molecular flexibility index (Phi) is 2.30. The fourth-order valence-corrected chi connectivity index (χ4v) is 3.19. The summed E-state index contributed by atoms with van der Waals surface area (Å²) in [7, 11) is 0. The fraction of sp³-hybridized carbons (Fsp3) is 0.889. The van der Waals surface area contributed by atoms with Crippen LogP contribution in [-0.2, 0) is 9.53 Å². The van der Waals surface area contributed by atoms with Gasteiger partial charge in [-0.1, -0.05) is 22.6 Å². The van der Waals surface area contributed by atoms with Gasteiger partial charge >= 0.3 is 5.97 Å². The van der Waals surface area contributed by atoms with Crippen LogP contribution in [-0.4, -0.2) is 27.7 Å². The molecule has 3 nitrogen and oxygen atoms in total. The molecule has 1 N–H and O–H groups in total. The van der Waals surface area contributed by atoms with Gasteiger partial charge in [0.05, 0.1) is 17.6 Å². The van der Waals surface area contributed by atoms with Gasteiger partial charge in [-0.3, -0.25) is 4.79 Å². The molecule has 3 rings (SSSR count). The molecule has 0 aromatic heterocycles. The second-order valence-corrected chi connectivity index (χ2v) is 4.95. The van der Waals surface area contributed by atoms with Crippen molar-refractivity contribution in [3.8, 4) is 0 Å². The third-order valence-corrected chi connectivity index (χ3v) is 4.86. The molecule has 2 bridgehead atoms. The van der Waals surface area contributed by atoms with Crippen molar-refractivity contribution in [3.63, 3.8) is 0 Å². The van der Waals surface area contributed by atoms with Crippen molar-refractivity contribution in [1.82, 2.24) is 0 Å². The minimum absolute atomic E-state index is 0.0117. The highest BCUT2D eigenvalue weighted by Gasteiger charge is 2.53. The minimum atomic E-state index is -0.672. The lowest BCUT2D eigenvalue weighted by Crippen LogP contribution is -2.55. The van der Waals surface area contributed by atoms with Crippen molar-refractivity contribution in [2.45, 2.75) is 31.3 Å². The molecule has 0 aromatic rings. The molecule has 2 saturated heterocycles. The average molecular weight is 296 g/mol. The lowest BCUT2D eigenvalue weighted by molar-refractivity contribution is -0.194. The molecule has 0 aromatic carbocycles. The smallest absolute Gasteiger partial charge is 0.311 e. The van der Waals surface area contributed by atoms with Gasteiger partial charge in [-0.25, -0.2) is 0 Å². The van der Waals surface area contributed by atoms with Gasteiger partial charge in [0.25, 0.3) is 0 Å². The first-order valence-corrected chi connectivity index (χ1v) is 6.08. The van der Waals surface area contributed by atoms with E-state index < -0.39 is 11.4 Å². The number of carbonyl (C=O) groups is 1. The molecule has 3 aliphatic rings. The van der Waals surface area contributed by atoms with Crippen molar-refractivity contribution in [3.05, 3.63) is 0 Å². The van der Waals surface area contributed by atoms with Gasteiger partial charge in [0.15, 0.2) is 0 Å². The number of hydrogen-bond donors (Lipinski definition) is 1. The normalized spacial score (nSPS) is 43.5. The highest BCUT2D eigenvalue weighted by Crippen LogP contribution is 2.49. The van der Waals surface area contributed by atoms with E-state index in [1.807, 2.05) is 0 Å². The molecule has 1 saturated carbocycles. The molecule has 0 spiro atoms. The van der Waals surface area contributed by atoms with Crippen LogP contribution in [0.3, 0.4) is 0 Å². The first kappa shape index (κ1) is 9.71. The third kappa shape index (κ3) is 1.38. The summed E-state index contributed by atoms with van der Waals surface area (Å²) in [4.78, 5) is 11.0. The number of fused-ring (bicyclic) bond motifs is 3. The van der Waals surface area contributed by atoms with Gasteiger partial charge in [0, 0.05) is 4.43 Å². The molecule has 2 heterocycles. The lowest BCUT2D eigenvalue weighted by atomic mass is 9.67. The standard InChI is InChI=1S/C9H13IO3/c10-5-9-3-1-8(2-4-9,6-13-9)7(11)12/h1-6H2,(H,11,12). The summed E-state index contributed by atoms with van der Waals surface area (Å²) < 4.78 is 6.68. The van der Waals surface area contributed by atoms with Gasteiger partial charge < -0.3 is 9.84 Å². The SMILES string of the molecule is O=C(O)C12CCC(CI)(CC1)OC2. The molecule has 74 valence electrons. The van der Waals surface area contributed by atoms with Crippen molar-refractivity contribution < 1.29 is 14.6 Å². The monoisotopic (exact) mass is 296 g/mol. The predicted octanol–water partition coefficient (Wildman–Crippen LogP) is 1.84. The van der Waals surface area contributed by atoms with Gasteiger partial charge in [-0.15, -0.1) is 0 Å². The zero-order valence-electron chi connectivity index (χ0n) is 7.38. The Labute approximate surface area is 91.0 Å². The molecule has 0 amide bonds. The topological polar surface area (TPSA) is 46.5 Å². The molecule has 0 atom stereocenters. The molecule has 0 radical (unpaired) electrons. The average Bonchev–Trinajstić information content (AvgIpc) is 2.20. The Balaban J connectivity index is 2.16. The van der Waals surface area contributed by atoms with E-state index in [4.69, 9.17) is 9.84 Å². The maximum atomic E-state index is 11.0. The van der Waals surface area contributed by atoms with Gasteiger partial charge in [0.1, 0.15) is 0 Å². The van der Waals surface area contributed by atoms with Crippen molar-refractivity contribution in [2.75, 3.05) is 11.0 Å². The highest BCUT2D eigenvalue weighted by atomic mass is 127. The lowest BCUT2D eigenvalue weighted by Gasteiger charge is -2.50. The summed E-state index contributed by atoms with van der Waals surface area (Å²) in [5.41, 5.74) is -0.536. The second-order valence-electron chi connectivity index (χ2n) is 4.19. The number of rotatable bonds is 2. The zero-order chi connectivity index (χ0) is 9.53. The van der Waals surface area contributed by atoms with E-state index in [2.05, 4.69) is 22.6 Å². The number of alkyl halides is 1. The van der Waals surface area contributed by atoms with E-state index in [1.165, 1.54) is 0 Å². The van der Waals surface area contributed by atoms with Gasteiger partial charge in [-0.05, 0) is 25.7 Å². The number of carboxylic acids is 1.